The average Bonchev–Trinajstić information content (AvgIpc) is 2.87. The molecule has 0 aromatic heterocycles. The number of hydrogen-bond donors (Lipinski definition) is 1. The molecule has 0 heterocycles. The number of rotatable bonds is 9. The molecule has 3 rings (SSSR count). The van der Waals surface area contributed by atoms with Crippen molar-refractivity contribution in [3.8, 4) is 0 Å². The summed E-state index contributed by atoms with van der Waals surface area (Å²) in [6.45, 7) is 8.45. The van der Waals surface area contributed by atoms with E-state index in [0.29, 0.717) is 0 Å². The van der Waals surface area contributed by atoms with Crippen LogP contribution in [-0.2, 0) is 26.2 Å². The van der Waals surface area contributed by atoms with Gasteiger partial charge in [-0.25, -0.2) is 12.8 Å². The zero-order chi connectivity index (χ0) is 29.0. The van der Waals surface area contributed by atoms with E-state index in [-0.39, 0.29) is 28.1 Å². The van der Waals surface area contributed by atoms with E-state index in [1.807, 2.05) is 52.0 Å². The van der Waals surface area contributed by atoms with E-state index in [1.165, 1.54) is 23.1 Å². The number of halogens is 2. The predicted octanol–water partition coefficient (Wildman–Crippen LogP) is 5.31. The summed E-state index contributed by atoms with van der Waals surface area (Å²) in [6, 6.07) is 17.6. The molecular formula is C29H33ClFN3O4S. The quantitative estimate of drug-likeness (QED) is 0.376. The van der Waals surface area contributed by atoms with E-state index in [2.05, 4.69) is 5.32 Å². The van der Waals surface area contributed by atoms with Gasteiger partial charge in [0.25, 0.3) is 10.0 Å². The van der Waals surface area contributed by atoms with Gasteiger partial charge < -0.3 is 10.2 Å². The van der Waals surface area contributed by atoms with Crippen LogP contribution in [0.25, 0.3) is 0 Å². The number of aryl methyl sites for hydroxylation is 1. The first kappa shape index (κ1) is 30.1. The third kappa shape index (κ3) is 7.80. The van der Waals surface area contributed by atoms with Gasteiger partial charge in [-0.3, -0.25) is 13.9 Å². The zero-order valence-corrected chi connectivity index (χ0v) is 24.2. The lowest BCUT2D eigenvalue weighted by Crippen LogP contribution is -2.54. The lowest BCUT2D eigenvalue weighted by atomic mass is 10.1. The Labute approximate surface area is 234 Å². The number of nitrogens with one attached hydrogen (secondary N) is 1. The van der Waals surface area contributed by atoms with Crippen LogP contribution in [0.4, 0.5) is 10.1 Å². The molecule has 0 fully saturated rings. The molecule has 0 aliphatic heterocycles. The summed E-state index contributed by atoms with van der Waals surface area (Å²) in [4.78, 5) is 28.3. The molecule has 0 aliphatic rings. The Kier molecular flexibility index (Phi) is 9.40. The van der Waals surface area contributed by atoms with E-state index in [9.17, 15) is 22.4 Å². The van der Waals surface area contributed by atoms with E-state index in [1.54, 1.807) is 25.1 Å². The molecule has 3 aromatic carbocycles. The Morgan fingerprint density at radius 2 is 1.62 bits per heavy atom. The Balaban J connectivity index is 2.04. The molecule has 0 aliphatic carbocycles. The fourth-order valence-electron chi connectivity index (χ4n) is 3.84. The molecule has 1 atom stereocenters. The molecule has 208 valence electrons. The van der Waals surface area contributed by atoms with Crippen LogP contribution in [0.1, 0.15) is 38.8 Å². The minimum atomic E-state index is -4.26. The molecule has 0 radical (unpaired) electrons. The second-order valence-corrected chi connectivity index (χ2v) is 12.6. The Hall–Kier alpha value is -3.43. The lowest BCUT2D eigenvalue weighted by molar-refractivity contribution is -0.140. The summed E-state index contributed by atoms with van der Waals surface area (Å²) in [6.07, 6.45) is 0. The smallest absolute Gasteiger partial charge is 0.264 e. The van der Waals surface area contributed by atoms with Crippen molar-refractivity contribution >= 4 is 39.1 Å². The zero-order valence-electron chi connectivity index (χ0n) is 22.6. The third-order valence-corrected chi connectivity index (χ3v) is 8.02. The van der Waals surface area contributed by atoms with Gasteiger partial charge in [-0.15, -0.1) is 0 Å². The van der Waals surface area contributed by atoms with Gasteiger partial charge in [0, 0.05) is 12.1 Å². The molecule has 3 aromatic rings. The topological polar surface area (TPSA) is 86.8 Å². The summed E-state index contributed by atoms with van der Waals surface area (Å²) in [5, 5.41) is 2.59. The van der Waals surface area contributed by atoms with E-state index >= 15 is 0 Å². The third-order valence-electron chi connectivity index (χ3n) is 5.94. The maximum atomic E-state index is 14.0. The fourth-order valence-corrected chi connectivity index (χ4v) is 5.44. The Morgan fingerprint density at radius 1 is 1.00 bits per heavy atom. The van der Waals surface area contributed by atoms with Crippen LogP contribution in [-0.4, -0.2) is 43.3 Å². The predicted molar refractivity (Wildman–Crippen MR) is 151 cm³/mol. The number of sulfonamides is 1. The lowest BCUT2D eigenvalue weighted by Gasteiger charge is -2.33. The molecule has 0 spiro atoms. The van der Waals surface area contributed by atoms with Gasteiger partial charge >= 0.3 is 0 Å². The van der Waals surface area contributed by atoms with Crippen LogP contribution in [0.5, 0.6) is 0 Å². The van der Waals surface area contributed by atoms with Gasteiger partial charge in [0.1, 0.15) is 18.4 Å². The molecule has 0 bridgehead atoms. The summed E-state index contributed by atoms with van der Waals surface area (Å²) in [5.74, 6) is -1.73. The summed E-state index contributed by atoms with van der Waals surface area (Å²) in [5.41, 5.74) is 1.27. The Bertz CT molecular complexity index is 1430. The Morgan fingerprint density at radius 3 is 2.18 bits per heavy atom. The van der Waals surface area contributed by atoms with Crippen molar-refractivity contribution in [1.29, 1.82) is 0 Å². The van der Waals surface area contributed by atoms with Crippen molar-refractivity contribution in [3.63, 3.8) is 0 Å². The molecule has 7 nitrogen and oxygen atoms in total. The molecule has 39 heavy (non-hydrogen) atoms. The number of carbonyl (C=O) groups is 2. The van der Waals surface area contributed by atoms with Crippen LogP contribution in [0.15, 0.2) is 77.7 Å². The molecular weight excluding hydrogens is 541 g/mol. The van der Waals surface area contributed by atoms with E-state index < -0.39 is 39.9 Å². The van der Waals surface area contributed by atoms with Gasteiger partial charge in [-0.1, -0.05) is 59.6 Å². The van der Waals surface area contributed by atoms with Crippen molar-refractivity contribution in [2.24, 2.45) is 0 Å². The molecule has 10 heteroatoms. The standard InChI is InChI=1S/C29H33ClFN3O4S/c1-20-11-13-22(14-12-20)18-33(21(2)28(36)32-29(3,4)5)27(35)19-34(23-15-16-26(31)25(30)17-23)39(37,38)24-9-7-6-8-10-24/h6-17,21H,18-19H2,1-5H3,(H,32,36)/t21-/m0/s1. The average molecular weight is 574 g/mol. The van der Waals surface area contributed by atoms with Gasteiger partial charge in [0.2, 0.25) is 11.8 Å². The molecule has 0 saturated carbocycles. The van der Waals surface area contributed by atoms with E-state index in [4.69, 9.17) is 11.6 Å². The number of anilines is 1. The highest BCUT2D eigenvalue weighted by Crippen LogP contribution is 2.28. The van der Waals surface area contributed by atoms with Crippen LogP contribution >= 0.6 is 11.6 Å². The summed E-state index contributed by atoms with van der Waals surface area (Å²) >= 11 is 5.98. The fraction of sp³-hybridized carbons (Fsp3) is 0.310. The number of nitrogens with zero attached hydrogens (tertiary/aromatic N) is 2. The molecule has 0 saturated heterocycles. The highest BCUT2D eigenvalue weighted by atomic mass is 35.5. The molecule has 2 amide bonds. The van der Waals surface area contributed by atoms with Crippen LogP contribution < -0.4 is 9.62 Å². The monoisotopic (exact) mass is 573 g/mol. The number of benzene rings is 3. The van der Waals surface area contributed by atoms with Gasteiger partial charge in [-0.05, 0) is 70.5 Å². The summed E-state index contributed by atoms with van der Waals surface area (Å²) < 4.78 is 42.3. The SMILES string of the molecule is Cc1ccc(CN(C(=O)CN(c2ccc(F)c(Cl)c2)S(=O)(=O)c2ccccc2)[C@@H](C)C(=O)NC(C)(C)C)cc1. The van der Waals surface area contributed by atoms with Crippen molar-refractivity contribution in [3.05, 3.63) is 94.8 Å². The van der Waals surface area contributed by atoms with Gasteiger partial charge in [0.15, 0.2) is 0 Å². The van der Waals surface area contributed by atoms with Crippen molar-refractivity contribution < 1.29 is 22.4 Å². The highest BCUT2D eigenvalue weighted by molar-refractivity contribution is 7.92. The number of hydrogen-bond acceptors (Lipinski definition) is 4. The highest BCUT2D eigenvalue weighted by Gasteiger charge is 2.33. The van der Waals surface area contributed by atoms with E-state index in [0.717, 1.165) is 27.6 Å². The number of carbonyl (C=O) groups excluding carboxylic acids is 2. The number of amides is 2. The van der Waals surface area contributed by atoms with Crippen LogP contribution in [0, 0.1) is 12.7 Å². The first-order valence-electron chi connectivity index (χ1n) is 12.4. The van der Waals surface area contributed by atoms with Gasteiger partial charge in [-0.2, -0.15) is 0 Å². The first-order valence-corrected chi connectivity index (χ1v) is 14.2. The maximum Gasteiger partial charge on any atom is 0.264 e. The maximum absolute atomic E-state index is 14.0. The van der Waals surface area contributed by atoms with Crippen LogP contribution in [0.3, 0.4) is 0 Å². The minimum Gasteiger partial charge on any atom is -0.350 e. The second-order valence-electron chi connectivity index (χ2n) is 10.3. The van der Waals surface area contributed by atoms with Crippen molar-refractivity contribution in [2.45, 2.75) is 57.6 Å². The normalized spacial score (nSPS) is 12.5. The van der Waals surface area contributed by atoms with Gasteiger partial charge in [0.05, 0.1) is 15.6 Å². The molecule has 1 N–H and O–H groups in total. The second kappa shape index (κ2) is 12.2. The van der Waals surface area contributed by atoms with Crippen molar-refractivity contribution in [2.75, 3.05) is 10.8 Å². The largest absolute Gasteiger partial charge is 0.350 e. The van der Waals surface area contributed by atoms with Crippen molar-refractivity contribution in [1.82, 2.24) is 10.2 Å². The first-order chi connectivity index (χ1) is 18.2. The van der Waals surface area contributed by atoms with Crippen LogP contribution in [0.2, 0.25) is 5.02 Å². The minimum absolute atomic E-state index is 0.0145. The molecule has 0 unspecified atom stereocenters. The summed E-state index contributed by atoms with van der Waals surface area (Å²) in [7, 11) is -4.26.